The molecule has 8 heteroatoms. The molecule has 36 heavy (non-hydrogen) atoms. The van der Waals surface area contributed by atoms with Gasteiger partial charge < -0.3 is 28.4 Å². The highest BCUT2D eigenvalue weighted by molar-refractivity contribution is 6.49. The lowest BCUT2D eigenvalue weighted by atomic mass is 9.93. The smallest absolute Gasteiger partial charge is 0.233 e. The van der Waals surface area contributed by atoms with Crippen molar-refractivity contribution < 1.29 is 38.0 Å². The average molecular weight is 493 g/mol. The molecule has 1 heterocycles. The number of hydrogen-bond donors (Lipinski definition) is 0. The zero-order valence-electron chi connectivity index (χ0n) is 20.7. The SMILES string of the molecule is COc1cc(CCc2cc3c(cc2C(=O)C(=O)c2ccc(OC)c(OC)c2)OCCO3)cc(OC)c1. The summed E-state index contributed by atoms with van der Waals surface area (Å²) < 4.78 is 32.7. The van der Waals surface area contributed by atoms with Crippen molar-refractivity contribution in [2.24, 2.45) is 0 Å². The predicted molar refractivity (Wildman–Crippen MR) is 133 cm³/mol. The molecule has 4 rings (SSSR count). The largest absolute Gasteiger partial charge is 0.497 e. The van der Waals surface area contributed by atoms with Gasteiger partial charge in [0.1, 0.15) is 24.7 Å². The minimum absolute atomic E-state index is 0.205. The molecule has 0 N–H and O–H groups in total. The van der Waals surface area contributed by atoms with Crippen LogP contribution in [0.5, 0.6) is 34.5 Å². The van der Waals surface area contributed by atoms with Crippen molar-refractivity contribution in [1.82, 2.24) is 0 Å². The number of ketones is 2. The highest BCUT2D eigenvalue weighted by atomic mass is 16.6. The van der Waals surface area contributed by atoms with Gasteiger partial charge in [-0.25, -0.2) is 0 Å². The molecule has 188 valence electrons. The maximum absolute atomic E-state index is 13.5. The van der Waals surface area contributed by atoms with Gasteiger partial charge in [0.2, 0.25) is 11.6 Å². The third kappa shape index (κ3) is 5.22. The second-order valence-corrected chi connectivity index (χ2v) is 8.10. The Morgan fingerprint density at radius 3 is 1.94 bits per heavy atom. The first-order valence-corrected chi connectivity index (χ1v) is 11.4. The molecule has 0 aliphatic carbocycles. The lowest BCUT2D eigenvalue weighted by Crippen LogP contribution is -2.20. The zero-order valence-corrected chi connectivity index (χ0v) is 20.7. The first-order chi connectivity index (χ1) is 17.5. The number of methoxy groups -OCH3 is 4. The molecule has 8 nitrogen and oxygen atoms in total. The lowest BCUT2D eigenvalue weighted by molar-refractivity contribution is 0.0815. The molecule has 1 aliphatic rings. The van der Waals surface area contributed by atoms with Crippen LogP contribution in [-0.2, 0) is 12.8 Å². The Bertz CT molecular complexity index is 1260. The number of ether oxygens (including phenoxy) is 6. The maximum atomic E-state index is 13.5. The van der Waals surface area contributed by atoms with E-state index in [1.54, 1.807) is 44.6 Å². The second-order valence-electron chi connectivity index (χ2n) is 8.10. The summed E-state index contributed by atoms with van der Waals surface area (Å²) in [7, 11) is 6.16. The van der Waals surface area contributed by atoms with Crippen LogP contribution in [0.1, 0.15) is 31.8 Å². The summed E-state index contributed by atoms with van der Waals surface area (Å²) in [5.41, 5.74) is 2.12. The van der Waals surface area contributed by atoms with Crippen LogP contribution in [0.4, 0.5) is 0 Å². The molecule has 0 amide bonds. The molecule has 0 unspecified atom stereocenters. The van der Waals surface area contributed by atoms with Crippen molar-refractivity contribution in [2.45, 2.75) is 12.8 Å². The summed E-state index contributed by atoms with van der Waals surface area (Å²) in [5, 5.41) is 0. The van der Waals surface area contributed by atoms with Gasteiger partial charge in [-0.2, -0.15) is 0 Å². The van der Waals surface area contributed by atoms with E-state index in [4.69, 9.17) is 28.4 Å². The van der Waals surface area contributed by atoms with Gasteiger partial charge in [0.05, 0.1) is 28.4 Å². The van der Waals surface area contributed by atoms with Gasteiger partial charge in [0.15, 0.2) is 23.0 Å². The van der Waals surface area contributed by atoms with Gasteiger partial charge in [-0.3, -0.25) is 9.59 Å². The van der Waals surface area contributed by atoms with E-state index in [1.165, 1.54) is 20.3 Å². The van der Waals surface area contributed by atoms with E-state index in [0.29, 0.717) is 66.1 Å². The van der Waals surface area contributed by atoms with Gasteiger partial charge in [0, 0.05) is 17.2 Å². The molecule has 0 spiro atoms. The van der Waals surface area contributed by atoms with E-state index in [2.05, 4.69) is 0 Å². The summed E-state index contributed by atoms with van der Waals surface area (Å²) in [6.45, 7) is 0.782. The third-order valence-electron chi connectivity index (χ3n) is 5.96. The van der Waals surface area contributed by atoms with Crippen LogP contribution in [-0.4, -0.2) is 53.2 Å². The molecule has 0 aromatic heterocycles. The fourth-order valence-corrected chi connectivity index (χ4v) is 4.07. The van der Waals surface area contributed by atoms with E-state index >= 15 is 0 Å². The van der Waals surface area contributed by atoms with Crippen LogP contribution in [0.2, 0.25) is 0 Å². The predicted octanol–water partition coefficient (Wildman–Crippen LogP) is 4.34. The summed E-state index contributed by atoms with van der Waals surface area (Å²) in [4.78, 5) is 26.7. The third-order valence-corrected chi connectivity index (χ3v) is 5.96. The Labute approximate surface area is 209 Å². The van der Waals surface area contributed by atoms with Crippen molar-refractivity contribution in [3.05, 3.63) is 70.8 Å². The highest BCUT2D eigenvalue weighted by Crippen LogP contribution is 2.35. The number of fused-ring (bicyclic) bond motifs is 1. The van der Waals surface area contributed by atoms with E-state index < -0.39 is 11.6 Å². The molecule has 0 saturated carbocycles. The monoisotopic (exact) mass is 492 g/mol. The minimum Gasteiger partial charge on any atom is -0.497 e. The maximum Gasteiger partial charge on any atom is 0.233 e. The fraction of sp³-hybridized carbons (Fsp3) is 0.286. The summed E-state index contributed by atoms with van der Waals surface area (Å²) >= 11 is 0. The standard InChI is InChI=1S/C28H28O8/c1-31-20-11-17(12-21(15-20)32-2)5-6-18-13-25-26(36-10-9-35-25)16-22(18)28(30)27(29)19-7-8-23(33-3)24(14-19)34-4/h7-8,11-16H,5-6,9-10H2,1-4H3. The van der Waals surface area contributed by atoms with E-state index in [0.717, 1.165) is 5.56 Å². The van der Waals surface area contributed by atoms with Crippen LogP contribution >= 0.6 is 0 Å². The molecule has 0 saturated heterocycles. The molecule has 0 fully saturated rings. The highest BCUT2D eigenvalue weighted by Gasteiger charge is 2.26. The molecule has 0 radical (unpaired) electrons. The van der Waals surface area contributed by atoms with Gasteiger partial charge in [-0.05, 0) is 66.4 Å². The number of benzene rings is 3. The van der Waals surface area contributed by atoms with Crippen LogP contribution in [0, 0.1) is 0 Å². The number of rotatable bonds is 10. The summed E-state index contributed by atoms with van der Waals surface area (Å²) in [6.07, 6.45) is 1.06. The van der Waals surface area contributed by atoms with Crippen molar-refractivity contribution in [2.75, 3.05) is 41.7 Å². The van der Waals surface area contributed by atoms with Crippen LogP contribution in [0.3, 0.4) is 0 Å². The number of carbonyl (C=O) groups is 2. The molecule has 3 aromatic carbocycles. The number of aryl methyl sites for hydroxylation is 2. The van der Waals surface area contributed by atoms with Gasteiger partial charge in [-0.15, -0.1) is 0 Å². The molecular formula is C28H28O8. The quantitative estimate of drug-likeness (QED) is 0.305. The van der Waals surface area contributed by atoms with E-state index in [9.17, 15) is 9.59 Å². The van der Waals surface area contributed by atoms with Crippen LogP contribution < -0.4 is 28.4 Å². The van der Waals surface area contributed by atoms with Crippen LogP contribution in [0.15, 0.2) is 48.5 Å². The van der Waals surface area contributed by atoms with Gasteiger partial charge in [-0.1, -0.05) is 0 Å². The van der Waals surface area contributed by atoms with E-state index in [-0.39, 0.29) is 11.1 Å². The molecule has 1 aliphatic heterocycles. The second kappa shape index (κ2) is 11.0. The van der Waals surface area contributed by atoms with Gasteiger partial charge in [0.25, 0.3) is 0 Å². The Morgan fingerprint density at radius 1 is 0.694 bits per heavy atom. The number of Topliss-reactive ketones (excluding diaryl/α,β-unsaturated/α-hetero) is 2. The number of carbonyl (C=O) groups excluding carboxylic acids is 2. The Kier molecular flexibility index (Phi) is 7.63. The number of hydrogen-bond acceptors (Lipinski definition) is 8. The lowest BCUT2D eigenvalue weighted by Gasteiger charge is -2.21. The zero-order chi connectivity index (χ0) is 25.7. The minimum atomic E-state index is -0.656. The summed E-state index contributed by atoms with van der Waals surface area (Å²) in [5.74, 6) is 1.87. The average Bonchev–Trinajstić information content (AvgIpc) is 2.93. The van der Waals surface area contributed by atoms with E-state index in [1.807, 2.05) is 12.1 Å². The Hall–Kier alpha value is -4.20. The van der Waals surface area contributed by atoms with Crippen LogP contribution in [0.25, 0.3) is 0 Å². The first kappa shape index (κ1) is 24.9. The molecule has 3 aromatic rings. The Balaban J connectivity index is 1.67. The Morgan fingerprint density at radius 2 is 1.33 bits per heavy atom. The van der Waals surface area contributed by atoms with Crippen molar-refractivity contribution in [3.63, 3.8) is 0 Å². The van der Waals surface area contributed by atoms with Crippen molar-refractivity contribution in [3.8, 4) is 34.5 Å². The first-order valence-electron chi connectivity index (χ1n) is 11.4. The fourth-order valence-electron chi connectivity index (χ4n) is 4.07. The van der Waals surface area contributed by atoms with Crippen molar-refractivity contribution >= 4 is 11.6 Å². The molecule has 0 bridgehead atoms. The van der Waals surface area contributed by atoms with Crippen molar-refractivity contribution in [1.29, 1.82) is 0 Å². The van der Waals surface area contributed by atoms with Gasteiger partial charge >= 0.3 is 0 Å². The molecule has 0 atom stereocenters. The summed E-state index contributed by atoms with van der Waals surface area (Å²) in [6, 6.07) is 13.6. The topological polar surface area (TPSA) is 89.5 Å². The normalized spacial score (nSPS) is 12.0. The molecular weight excluding hydrogens is 464 g/mol.